The van der Waals surface area contributed by atoms with E-state index in [1.54, 1.807) is 0 Å². The van der Waals surface area contributed by atoms with Crippen molar-refractivity contribution in [1.29, 1.82) is 5.26 Å². The second kappa shape index (κ2) is 9.50. The van der Waals surface area contributed by atoms with Gasteiger partial charge in [0.1, 0.15) is 11.9 Å². The molecule has 22 heavy (non-hydrogen) atoms. The zero-order chi connectivity index (χ0) is 16.4. The molecule has 0 spiro atoms. The molecule has 0 saturated carbocycles. The van der Waals surface area contributed by atoms with Gasteiger partial charge in [-0.15, -0.1) is 0 Å². The summed E-state index contributed by atoms with van der Waals surface area (Å²) in [7, 11) is 1.36. The highest BCUT2D eigenvalue weighted by Crippen LogP contribution is 2.17. The molecule has 6 heteroatoms. The van der Waals surface area contributed by atoms with E-state index in [1.165, 1.54) is 19.2 Å². The maximum Gasteiger partial charge on any atom is 0.305 e. The van der Waals surface area contributed by atoms with Gasteiger partial charge in [0.15, 0.2) is 0 Å². The third-order valence-corrected chi connectivity index (χ3v) is 3.14. The number of nitriles is 1. The van der Waals surface area contributed by atoms with E-state index in [4.69, 9.17) is 5.26 Å². The molecule has 0 bridgehead atoms. The summed E-state index contributed by atoms with van der Waals surface area (Å²) >= 11 is 0. The molecule has 0 aliphatic heterocycles. The van der Waals surface area contributed by atoms with E-state index in [-0.39, 0.29) is 23.1 Å². The molecular weight excluding hydrogens is 287 g/mol. The lowest BCUT2D eigenvalue weighted by atomic mass is 10.1. The molecule has 5 nitrogen and oxygen atoms in total. The van der Waals surface area contributed by atoms with Gasteiger partial charge in [-0.05, 0) is 31.0 Å². The Bertz CT molecular complexity index is 567. The molecular formula is C16H19FN2O3. The number of hydrogen-bond acceptors (Lipinski definition) is 4. The Morgan fingerprint density at radius 2 is 1.91 bits per heavy atom. The van der Waals surface area contributed by atoms with E-state index in [2.05, 4.69) is 10.1 Å². The number of benzene rings is 1. The second-order valence-electron chi connectivity index (χ2n) is 4.84. The number of methoxy groups -OCH3 is 1. The molecule has 118 valence electrons. The number of nitrogens with one attached hydrogen (secondary N) is 1. The molecule has 0 aliphatic rings. The average molecular weight is 306 g/mol. The van der Waals surface area contributed by atoms with Gasteiger partial charge >= 0.3 is 5.97 Å². The molecule has 0 heterocycles. The summed E-state index contributed by atoms with van der Waals surface area (Å²) in [6.07, 6.45) is 3.74. The molecule has 1 amide bonds. The van der Waals surface area contributed by atoms with Gasteiger partial charge in [0.2, 0.25) is 5.91 Å². The minimum atomic E-state index is -0.503. The quantitative estimate of drug-likeness (QED) is 0.591. The Balaban J connectivity index is 2.28. The second-order valence-corrected chi connectivity index (χ2v) is 4.84. The molecule has 1 rings (SSSR count). The van der Waals surface area contributed by atoms with Crippen LogP contribution >= 0.6 is 0 Å². The van der Waals surface area contributed by atoms with Crippen LogP contribution < -0.4 is 5.32 Å². The number of unbranched alkanes of at least 4 members (excludes halogenated alkanes) is 3. The molecule has 1 aromatic carbocycles. The fourth-order valence-electron chi connectivity index (χ4n) is 1.94. The Kier molecular flexibility index (Phi) is 7.62. The number of amides is 1. The Morgan fingerprint density at radius 1 is 1.23 bits per heavy atom. The van der Waals surface area contributed by atoms with Crippen LogP contribution in [0.15, 0.2) is 18.2 Å². The van der Waals surface area contributed by atoms with Crippen LogP contribution in [0.3, 0.4) is 0 Å². The van der Waals surface area contributed by atoms with Gasteiger partial charge in [0.05, 0.1) is 18.4 Å². The van der Waals surface area contributed by atoms with Crippen LogP contribution in [-0.4, -0.2) is 19.0 Å². The number of halogens is 1. The maximum atomic E-state index is 13.1. The number of nitrogens with zero attached hydrogens (tertiary/aromatic N) is 1. The standard InChI is InChI=1S/C16H19FN2O3/c1-22-16(21)7-5-3-2-4-6-15(20)19-14-10-13(17)9-8-12(14)11-18/h8-10H,2-7H2,1H3,(H,19,20). The number of carbonyl (C=O) groups is 2. The van der Waals surface area contributed by atoms with Crippen molar-refractivity contribution in [3.05, 3.63) is 29.6 Å². The highest BCUT2D eigenvalue weighted by atomic mass is 19.1. The van der Waals surface area contributed by atoms with Crippen LogP contribution in [0.25, 0.3) is 0 Å². The van der Waals surface area contributed by atoms with Crippen molar-refractivity contribution in [3.8, 4) is 6.07 Å². The summed E-state index contributed by atoms with van der Waals surface area (Å²) in [6.45, 7) is 0. The highest BCUT2D eigenvalue weighted by Gasteiger charge is 2.08. The van der Waals surface area contributed by atoms with Crippen molar-refractivity contribution >= 4 is 17.6 Å². The molecule has 0 aliphatic carbocycles. The van der Waals surface area contributed by atoms with Crippen LogP contribution in [0.2, 0.25) is 0 Å². The SMILES string of the molecule is COC(=O)CCCCCCC(=O)Nc1cc(F)ccc1C#N. The van der Waals surface area contributed by atoms with Crippen LogP contribution in [0.4, 0.5) is 10.1 Å². The van der Waals surface area contributed by atoms with E-state index in [1.807, 2.05) is 6.07 Å². The van der Waals surface area contributed by atoms with Crippen LogP contribution in [0, 0.1) is 17.1 Å². The van der Waals surface area contributed by atoms with Crippen molar-refractivity contribution in [2.75, 3.05) is 12.4 Å². The van der Waals surface area contributed by atoms with Gasteiger partial charge in [-0.25, -0.2) is 4.39 Å². The van der Waals surface area contributed by atoms with Crippen LogP contribution in [0.1, 0.15) is 44.1 Å². The maximum absolute atomic E-state index is 13.1. The van der Waals surface area contributed by atoms with E-state index in [0.29, 0.717) is 19.3 Å². The summed E-state index contributed by atoms with van der Waals surface area (Å²) in [5.74, 6) is -0.986. The Morgan fingerprint density at radius 3 is 2.55 bits per heavy atom. The van der Waals surface area contributed by atoms with E-state index in [9.17, 15) is 14.0 Å². The molecule has 0 saturated heterocycles. The molecule has 0 unspecified atom stereocenters. The zero-order valence-corrected chi connectivity index (χ0v) is 12.5. The van der Waals surface area contributed by atoms with Gasteiger partial charge in [-0.1, -0.05) is 12.8 Å². The lowest BCUT2D eigenvalue weighted by Crippen LogP contribution is -2.12. The third-order valence-electron chi connectivity index (χ3n) is 3.14. The summed E-state index contributed by atoms with van der Waals surface area (Å²) in [4.78, 5) is 22.7. The normalized spacial score (nSPS) is 9.86. The minimum Gasteiger partial charge on any atom is -0.469 e. The number of esters is 1. The summed E-state index contributed by atoms with van der Waals surface area (Å²) in [5.41, 5.74) is 0.422. The van der Waals surface area contributed by atoms with Gasteiger partial charge in [-0.3, -0.25) is 9.59 Å². The predicted molar refractivity (Wildman–Crippen MR) is 79.5 cm³/mol. The van der Waals surface area contributed by atoms with Gasteiger partial charge < -0.3 is 10.1 Å². The van der Waals surface area contributed by atoms with Crippen LogP contribution in [-0.2, 0) is 14.3 Å². The number of ether oxygens (including phenoxy) is 1. The summed E-state index contributed by atoms with van der Waals surface area (Å²) in [6, 6.07) is 5.54. The molecule has 0 aromatic heterocycles. The van der Waals surface area contributed by atoms with Gasteiger partial charge in [0, 0.05) is 12.8 Å². The Labute approximate surface area is 129 Å². The number of carbonyl (C=O) groups excluding carboxylic acids is 2. The lowest BCUT2D eigenvalue weighted by molar-refractivity contribution is -0.140. The first-order valence-electron chi connectivity index (χ1n) is 7.13. The third kappa shape index (κ3) is 6.35. The topological polar surface area (TPSA) is 79.2 Å². The molecule has 1 aromatic rings. The number of rotatable bonds is 8. The summed E-state index contributed by atoms with van der Waals surface area (Å²) < 4.78 is 17.7. The van der Waals surface area contributed by atoms with Crippen molar-refractivity contribution in [2.24, 2.45) is 0 Å². The van der Waals surface area contributed by atoms with Crippen molar-refractivity contribution < 1.29 is 18.7 Å². The number of anilines is 1. The highest BCUT2D eigenvalue weighted by molar-refractivity contribution is 5.92. The lowest BCUT2D eigenvalue weighted by Gasteiger charge is -2.07. The smallest absolute Gasteiger partial charge is 0.305 e. The average Bonchev–Trinajstić information content (AvgIpc) is 2.50. The molecule has 0 atom stereocenters. The van der Waals surface area contributed by atoms with E-state index >= 15 is 0 Å². The van der Waals surface area contributed by atoms with Crippen molar-refractivity contribution in [1.82, 2.24) is 0 Å². The largest absolute Gasteiger partial charge is 0.469 e. The van der Waals surface area contributed by atoms with Gasteiger partial charge in [-0.2, -0.15) is 5.26 Å². The first-order valence-corrected chi connectivity index (χ1v) is 7.13. The first-order chi connectivity index (χ1) is 10.6. The predicted octanol–water partition coefficient (Wildman–Crippen LogP) is 3.15. The van der Waals surface area contributed by atoms with Gasteiger partial charge in [0.25, 0.3) is 0 Å². The molecule has 1 N–H and O–H groups in total. The van der Waals surface area contributed by atoms with Crippen molar-refractivity contribution in [3.63, 3.8) is 0 Å². The number of hydrogen-bond donors (Lipinski definition) is 1. The molecule has 0 fully saturated rings. The molecule has 0 radical (unpaired) electrons. The fourth-order valence-corrected chi connectivity index (χ4v) is 1.94. The van der Waals surface area contributed by atoms with E-state index in [0.717, 1.165) is 25.3 Å². The van der Waals surface area contributed by atoms with E-state index < -0.39 is 5.82 Å². The Hall–Kier alpha value is -2.42. The zero-order valence-electron chi connectivity index (χ0n) is 12.5. The van der Waals surface area contributed by atoms with Crippen molar-refractivity contribution in [2.45, 2.75) is 38.5 Å². The van der Waals surface area contributed by atoms with Crippen LogP contribution in [0.5, 0.6) is 0 Å². The monoisotopic (exact) mass is 306 g/mol. The fraction of sp³-hybridized carbons (Fsp3) is 0.438. The summed E-state index contributed by atoms with van der Waals surface area (Å²) in [5, 5.41) is 11.4. The first kappa shape index (κ1) is 17.6. The minimum absolute atomic E-state index is 0.193.